The Morgan fingerprint density at radius 2 is 0.730 bits per heavy atom. The minimum Gasteiger partial charge on any atom is -0.540 e. The third kappa shape index (κ3) is 23.5. The van der Waals surface area contributed by atoms with Crippen LogP contribution in [0.25, 0.3) is 33.1 Å². The molecule has 6 fully saturated rings. The van der Waals surface area contributed by atoms with Gasteiger partial charge in [0.15, 0.2) is 0 Å². The number of amides is 3. The standard InChI is InChI=1S/C32H41FN3O6.C31H39FN3O6.C30H37FN3O6.3V/c1-32(2,3)21-16-28(38)41-26-12-8-10-19(26)9-6-5-7-11-23-30(35-24-15-20(40-4)13-14-22(24)34-23)42-27-17-36(31(21)39)25(18-37)29(27)33;1-30(2,3)20-14-26(37)41-31(4)15-18(31)9-7-6-8-10-22-28(34-23-13-19(39-5)11-12-21(23)33-22)40-25-16-35(29(20)38)24(17-36)27(25)32;1-30(2,3)19-14-26(36)39-24-12-17(24)8-6-5-7-9-21-28(33-22-13-18(38-4)10-11-20(22)32-21)40-25-15-34(29(19)37)23(16-35)27(25)31;;;/h13-15,19,21,25-27,29H,5-12,16-17H2,1-4H3;11-13,18,20,24-25,27H,6-10,14-16H2,1-5H3;10-11,13,17,19,23-25,27H,5-9,12,14-15H2,1-4H3;;;/q3*-1;;;/t19-,21-,25-,26-,27+,29+;18-,20-,24-,25+,27+,31-;17-,19-,23-,24-,25+,27+;;;/m111.../s1. The van der Waals surface area contributed by atoms with Gasteiger partial charge in [0.2, 0.25) is 35.4 Å². The van der Waals surface area contributed by atoms with Gasteiger partial charge in [-0.25, -0.2) is 61.9 Å². The van der Waals surface area contributed by atoms with E-state index >= 15 is 13.2 Å². The fourth-order valence-corrected chi connectivity index (χ4v) is 18.3. The van der Waals surface area contributed by atoms with Gasteiger partial charge in [-0.15, -0.1) is 0 Å². The van der Waals surface area contributed by atoms with Gasteiger partial charge in [0.1, 0.15) is 89.0 Å². The number of fused-ring (bicyclic) bond motifs is 15. The number of aryl methyl sites for hydroxylation is 3. The first kappa shape index (κ1) is 100. The Hall–Kier alpha value is -8.15. The van der Waals surface area contributed by atoms with Gasteiger partial charge < -0.3 is 71.7 Å². The van der Waals surface area contributed by atoms with E-state index < -0.39 is 130 Å². The molecule has 6 aromatic rings. The molecule has 18 atom stereocenters. The van der Waals surface area contributed by atoms with Crippen LogP contribution in [0.5, 0.6) is 34.9 Å². The predicted octanol–water partition coefficient (Wildman–Crippen LogP) is 13.6. The average Bonchev–Trinajstić information content (AvgIpc) is 1.62. The molecule has 6 aliphatic heterocycles. The Kier molecular flexibility index (Phi) is 33.8. The van der Waals surface area contributed by atoms with Gasteiger partial charge in [0, 0.05) is 79.8 Å². The SMILES string of the molecule is COc1ccc2nc3c(nc2c1)O[C@H]1CN(C(=O)[C@H](C(C)(C)C)CC(=O)O[C@@H]2CCC[C@H]2CCCCC3)[C@H]([C-]=O)[C@@H]1F.COc1ccc2nc3c(nc2c1)O[C@H]1CN(C(=O)[C@H](C(C)(C)C)CC(=O)O[C@@H]2C[C@H]2CCCCC3)[C@H]([C-]=O)[C@@H]1F.COc1ccc2nc3c(nc2c1)O[C@H]1CN(C(=O)[C@H](C(C)(C)C)CC(=O)O[C@]2(C)C[C@H]2CCCCC3)[C@H]([C-]=O)[C@@H]1F.[V].[V].[V]. The molecule has 9 aliphatic rings. The number of carbonyl (C=O) groups excluding carboxylic acids is 9. The van der Waals surface area contributed by atoms with Crippen molar-refractivity contribution >= 4 is 87.6 Å². The van der Waals surface area contributed by atoms with Crippen LogP contribution in [0.4, 0.5) is 13.2 Å². The minimum atomic E-state index is -1.83. The predicted molar refractivity (Wildman–Crippen MR) is 447 cm³/mol. The summed E-state index contributed by atoms with van der Waals surface area (Å²) >= 11 is 0. The molecule has 15 rings (SSSR count). The summed E-state index contributed by atoms with van der Waals surface area (Å²) in [6.45, 7) is 18.0. The molecular weight excluding hydrogens is 1740 g/mol. The number of carbonyl (C=O) groups is 6. The van der Waals surface area contributed by atoms with Crippen LogP contribution in [0.2, 0.25) is 0 Å². The molecule has 3 saturated heterocycles. The van der Waals surface area contributed by atoms with Crippen LogP contribution in [0.3, 0.4) is 0 Å². The number of benzene rings is 3. The van der Waals surface area contributed by atoms with Crippen LogP contribution < -0.4 is 28.4 Å². The zero-order chi connectivity index (χ0) is 88.1. The normalized spacial score (nSPS) is 29.5. The summed E-state index contributed by atoms with van der Waals surface area (Å²) in [4.78, 5) is 148. The van der Waals surface area contributed by atoms with Gasteiger partial charge in [-0.2, -0.15) is 0 Å². The summed E-state index contributed by atoms with van der Waals surface area (Å²) in [5.41, 5.74) is 2.98. The van der Waals surface area contributed by atoms with Crippen LogP contribution in [0, 0.1) is 51.8 Å². The monoisotopic (exact) mass is 1860 g/mol. The molecule has 6 bridgehead atoms. The summed E-state index contributed by atoms with van der Waals surface area (Å²) in [6.07, 6.45) is 12.8. The molecule has 33 heteroatoms. The maximum Gasteiger partial charge on any atom is 0.307 e. The van der Waals surface area contributed by atoms with Crippen molar-refractivity contribution in [3.8, 4) is 34.9 Å². The number of nitrogens with zero attached hydrogens (tertiary/aromatic N) is 9. The third-order valence-corrected chi connectivity index (χ3v) is 26.1. The van der Waals surface area contributed by atoms with E-state index in [0.29, 0.717) is 98.5 Å². The first-order valence-electron chi connectivity index (χ1n) is 43.7. The summed E-state index contributed by atoms with van der Waals surface area (Å²) in [7, 11) is 4.68. The molecule has 3 aromatic heterocycles. The van der Waals surface area contributed by atoms with E-state index in [0.717, 1.165) is 119 Å². The molecule has 0 unspecified atom stereocenters. The average molecular weight is 1860 g/mol. The van der Waals surface area contributed by atoms with Crippen molar-refractivity contribution in [3.05, 3.63) is 71.7 Å². The van der Waals surface area contributed by atoms with E-state index in [2.05, 4.69) is 15.0 Å². The maximum atomic E-state index is 15.8. The Morgan fingerprint density at radius 1 is 0.397 bits per heavy atom. The Balaban J connectivity index is 0.000000195. The van der Waals surface area contributed by atoms with Crippen LogP contribution in [0.1, 0.15) is 215 Å². The van der Waals surface area contributed by atoms with Crippen LogP contribution in [-0.4, -0.2) is 213 Å². The van der Waals surface area contributed by atoms with Crippen molar-refractivity contribution in [2.75, 3.05) is 41.0 Å². The number of aromatic nitrogens is 6. The van der Waals surface area contributed by atoms with Crippen molar-refractivity contribution in [2.45, 2.75) is 290 Å². The molecule has 0 spiro atoms. The second-order valence-corrected chi connectivity index (χ2v) is 38.0. The molecule has 3 radical (unpaired) electrons. The quantitative estimate of drug-likeness (QED) is 0.0849. The Morgan fingerprint density at radius 3 is 1.08 bits per heavy atom. The fraction of sp³-hybridized carbons (Fsp3) is 0.645. The van der Waals surface area contributed by atoms with E-state index in [-0.39, 0.29) is 130 Å². The smallest absolute Gasteiger partial charge is 0.307 e. The van der Waals surface area contributed by atoms with Crippen LogP contribution >= 0.6 is 0 Å². The second-order valence-electron chi connectivity index (χ2n) is 38.0. The van der Waals surface area contributed by atoms with Crippen molar-refractivity contribution in [1.29, 1.82) is 0 Å². The number of hydrogen-bond acceptors (Lipinski definition) is 24. The number of methoxy groups -OCH3 is 3. The minimum absolute atomic E-state index is 0. The summed E-state index contributed by atoms with van der Waals surface area (Å²) in [6, 6.07) is 11.7. The van der Waals surface area contributed by atoms with E-state index in [1.807, 2.05) is 93.5 Å². The van der Waals surface area contributed by atoms with Gasteiger partial charge in [0.25, 0.3) is 0 Å². The zero-order valence-electron chi connectivity index (χ0n) is 74.2. The van der Waals surface area contributed by atoms with Gasteiger partial charge in [-0.1, -0.05) is 101 Å². The van der Waals surface area contributed by atoms with E-state index in [9.17, 15) is 43.2 Å². The molecular formula is C93H117F3N9O18V3-3. The van der Waals surface area contributed by atoms with E-state index in [4.69, 9.17) is 57.6 Å². The molecule has 681 valence electrons. The second kappa shape index (κ2) is 42.6. The molecule has 3 saturated carbocycles. The van der Waals surface area contributed by atoms with E-state index in [1.165, 1.54) is 4.90 Å². The Labute approximate surface area is 770 Å². The number of esters is 3. The molecule has 0 N–H and O–H groups in total. The topological polar surface area (TPSA) is 324 Å². The molecule has 126 heavy (non-hydrogen) atoms. The third-order valence-electron chi connectivity index (χ3n) is 26.1. The number of alkyl halides is 3. The van der Waals surface area contributed by atoms with Crippen molar-refractivity contribution < 1.29 is 155 Å². The van der Waals surface area contributed by atoms with Gasteiger partial charge in [-0.05, 0) is 179 Å². The molecule has 3 amide bonds. The number of rotatable bonds is 6. The van der Waals surface area contributed by atoms with Crippen LogP contribution in [0.15, 0.2) is 54.6 Å². The first-order valence-corrected chi connectivity index (χ1v) is 43.7. The van der Waals surface area contributed by atoms with Gasteiger partial charge in [-0.3, -0.25) is 28.8 Å². The summed E-state index contributed by atoms with van der Waals surface area (Å²) < 4.78 is 99.1. The first-order chi connectivity index (χ1) is 58.6. The maximum absolute atomic E-state index is 15.8. The number of halogens is 3. The van der Waals surface area contributed by atoms with Crippen molar-refractivity contribution in [1.82, 2.24) is 44.6 Å². The molecule has 3 aliphatic carbocycles. The zero-order valence-corrected chi connectivity index (χ0v) is 78.4. The van der Waals surface area contributed by atoms with Crippen LogP contribution in [-0.2, 0) is 132 Å². The number of hydrogen-bond donors (Lipinski definition) is 0. The molecule has 27 nitrogen and oxygen atoms in total. The molecule has 9 heterocycles. The van der Waals surface area contributed by atoms with Gasteiger partial charge in [0.05, 0.1) is 111 Å². The Bertz CT molecular complexity index is 4890. The number of ether oxygens (including phenoxy) is 9. The summed E-state index contributed by atoms with van der Waals surface area (Å²) in [5, 5.41) is 0. The van der Waals surface area contributed by atoms with Gasteiger partial charge >= 0.3 is 17.9 Å². The molecule has 3 aromatic carbocycles. The summed E-state index contributed by atoms with van der Waals surface area (Å²) in [5.74, 6) is -1.95. The van der Waals surface area contributed by atoms with Crippen molar-refractivity contribution in [3.63, 3.8) is 0 Å². The van der Waals surface area contributed by atoms with Crippen molar-refractivity contribution in [2.24, 2.45) is 51.8 Å². The largest absolute Gasteiger partial charge is 0.540 e. The van der Waals surface area contributed by atoms with E-state index in [1.54, 1.807) is 70.5 Å². The fourth-order valence-electron chi connectivity index (χ4n) is 18.3.